The molecule has 1 amide bonds. The summed E-state index contributed by atoms with van der Waals surface area (Å²) >= 11 is 0. The Balaban J connectivity index is 1.36. The summed E-state index contributed by atoms with van der Waals surface area (Å²) in [6, 6.07) is 0.348. The minimum atomic E-state index is -0.341. The number of ether oxygens (including phenoxy) is 1. The Labute approximate surface area is 106 Å². The van der Waals surface area contributed by atoms with E-state index in [1.165, 1.54) is 0 Å². The molecule has 5 heteroatoms. The highest BCUT2D eigenvalue weighted by Crippen LogP contribution is 2.44. The predicted molar refractivity (Wildman–Crippen MR) is 64.6 cm³/mol. The summed E-state index contributed by atoms with van der Waals surface area (Å²) in [5.74, 6) is 3.80. The zero-order valence-electron chi connectivity index (χ0n) is 10.3. The molecule has 3 aliphatic rings. The van der Waals surface area contributed by atoms with Gasteiger partial charge in [0.05, 0.1) is 13.2 Å². The van der Waals surface area contributed by atoms with E-state index in [1.807, 2.05) is 0 Å². The van der Waals surface area contributed by atoms with Crippen LogP contribution in [0.1, 0.15) is 25.7 Å². The van der Waals surface area contributed by atoms with Gasteiger partial charge in [-0.2, -0.15) is 10.2 Å². The molecule has 2 aliphatic heterocycles. The first kappa shape index (κ1) is 11.7. The van der Waals surface area contributed by atoms with Crippen LogP contribution in [0.25, 0.3) is 0 Å². The van der Waals surface area contributed by atoms with Gasteiger partial charge in [0.15, 0.2) is 5.66 Å². The number of rotatable bonds is 6. The van der Waals surface area contributed by atoms with E-state index in [0.717, 1.165) is 19.6 Å². The van der Waals surface area contributed by atoms with Crippen molar-refractivity contribution < 1.29 is 9.53 Å². The van der Waals surface area contributed by atoms with Gasteiger partial charge in [-0.3, -0.25) is 4.79 Å². The number of fused-ring (bicyclic) bond motifs is 1. The van der Waals surface area contributed by atoms with Gasteiger partial charge in [-0.1, -0.05) is 0 Å². The first-order valence-corrected chi connectivity index (χ1v) is 6.49. The van der Waals surface area contributed by atoms with Gasteiger partial charge < -0.3 is 10.1 Å². The van der Waals surface area contributed by atoms with Gasteiger partial charge in [-0.25, -0.2) is 0 Å². The molecule has 3 atom stereocenters. The Bertz CT molecular complexity index is 410. The summed E-state index contributed by atoms with van der Waals surface area (Å²) in [6.07, 6.45) is 7.81. The molecule has 18 heavy (non-hydrogen) atoms. The van der Waals surface area contributed by atoms with Crippen molar-refractivity contribution in [3.05, 3.63) is 0 Å². The first-order valence-electron chi connectivity index (χ1n) is 6.49. The Hall–Kier alpha value is -1.41. The minimum absolute atomic E-state index is 0.104. The largest absolute Gasteiger partial charge is 0.381 e. The van der Waals surface area contributed by atoms with Crippen LogP contribution in [0.2, 0.25) is 0 Å². The van der Waals surface area contributed by atoms with Crippen LogP contribution in [-0.4, -0.2) is 30.8 Å². The smallest absolute Gasteiger partial charge is 0.220 e. The number of nitrogens with zero attached hydrogens (tertiary/aromatic N) is 2. The topological polar surface area (TPSA) is 63.0 Å². The standard InChI is InChI=1S/C13H17N3O2/c1-2-3-5-13(15-16-13)6-4-11(17)14-12-9-7-18-8-10(9)12/h1,9-10,12H,3-8H2,(H,14,17)/t9-,10+,12?. The molecule has 0 bridgehead atoms. The molecule has 1 N–H and O–H groups in total. The molecule has 0 aromatic heterocycles. The van der Waals surface area contributed by atoms with Gasteiger partial charge >= 0.3 is 0 Å². The van der Waals surface area contributed by atoms with Gasteiger partial charge in [0.25, 0.3) is 0 Å². The molecular formula is C13H17N3O2. The Morgan fingerprint density at radius 1 is 1.39 bits per heavy atom. The predicted octanol–water partition coefficient (Wildman–Crippen LogP) is 1.10. The maximum Gasteiger partial charge on any atom is 0.220 e. The highest BCUT2D eigenvalue weighted by Gasteiger charge is 2.54. The molecule has 2 fully saturated rings. The molecular weight excluding hydrogens is 230 g/mol. The quantitative estimate of drug-likeness (QED) is 0.714. The fourth-order valence-corrected chi connectivity index (χ4v) is 2.69. The van der Waals surface area contributed by atoms with Crippen molar-refractivity contribution in [3.63, 3.8) is 0 Å². The van der Waals surface area contributed by atoms with E-state index < -0.39 is 0 Å². The van der Waals surface area contributed by atoms with Crippen LogP contribution in [0.4, 0.5) is 0 Å². The van der Waals surface area contributed by atoms with E-state index in [9.17, 15) is 4.79 Å². The second-order valence-electron chi connectivity index (χ2n) is 5.35. The third-order valence-corrected chi connectivity index (χ3v) is 4.08. The minimum Gasteiger partial charge on any atom is -0.381 e. The molecule has 96 valence electrons. The second kappa shape index (κ2) is 4.36. The molecule has 2 heterocycles. The van der Waals surface area contributed by atoms with E-state index in [1.54, 1.807) is 0 Å². The number of carbonyl (C=O) groups excluding carboxylic acids is 1. The van der Waals surface area contributed by atoms with E-state index in [4.69, 9.17) is 11.2 Å². The fraction of sp³-hybridized carbons (Fsp3) is 0.769. The monoisotopic (exact) mass is 247 g/mol. The summed E-state index contributed by atoms with van der Waals surface area (Å²) < 4.78 is 5.29. The maximum absolute atomic E-state index is 11.8. The lowest BCUT2D eigenvalue weighted by Gasteiger charge is -2.10. The molecule has 3 rings (SSSR count). The SMILES string of the molecule is C#CCCC1(CCC(=O)NC2[C@H]3COC[C@@H]23)N=N1. The van der Waals surface area contributed by atoms with Crippen molar-refractivity contribution in [2.75, 3.05) is 13.2 Å². The summed E-state index contributed by atoms with van der Waals surface area (Å²) in [5, 5.41) is 11.1. The number of hydrogen-bond donors (Lipinski definition) is 1. The highest BCUT2D eigenvalue weighted by atomic mass is 16.5. The van der Waals surface area contributed by atoms with Gasteiger partial charge in [-0.05, 0) is 0 Å². The van der Waals surface area contributed by atoms with Crippen LogP contribution in [0.15, 0.2) is 10.2 Å². The second-order valence-corrected chi connectivity index (χ2v) is 5.35. The first-order chi connectivity index (χ1) is 8.74. The van der Waals surface area contributed by atoms with E-state index >= 15 is 0 Å². The number of amides is 1. The molecule has 0 aromatic rings. The van der Waals surface area contributed by atoms with Crippen LogP contribution >= 0.6 is 0 Å². The summed E-state index contributed by atoms with van der Waals surface area (Å²) in [7, 11) is 0. The Morgan fingerprint density at radius 2 is 2.11 bits per heavy atom. The molecule has 5 nitrogen and oxygen atoms in total. The fourth-order valence-electron chi connectivity index (χ4n) is 2.69. The number of terminal acetylenes is 1. The van der Waals surface area contributed by atoms with E-state index in [2.05, 4.69) is 21.5 Å². The number of carbonyl (C=O) groups is 1. The van der Waals surface area contributed by atoms with Crippen molar-refractivity contribution in [1.82, 2.24) is 5.32 Å². The van der Waals surface area contributed by atoms with Gasteiger partial charge in [0, 0.05) is 43.6 Å². The average Bonchev–Trinajstić information content (AvgIpc) is 3.22. The summed E-state index contributed by atoms with van der Waals surface area (Å²) in [5.41, 5.74) is -0.341. The van der Waals surface area contributed by atoms with E-state index in [-0.39, 0.29) is 11.6 Å². The lowest BCUT2D eigenvalue weighted by Crippen LogP contribution is -2.30. The van der Waals surface area contributed by atoms with Crippen molar-refractivity contribution in [3.8, 4) is 12.3 Å². The lowest BCUT2D eigenvalue weighted by atomic mass is 10.0. The van der Waals surface area contributed by atoms with Crippen LogP contribution < -0.4 is 5.32 Å². The molecule has 0 radical (unpaired) electrons. The van der Waals surface area contributed by atoms with E-state index in [0.29, 0.717) is 37.1 Å². The average molecular weight is 247 g/mol. The number of nitrogens with one attached hydrogen (secondary N) is 1. The van der Waals surface area contributed by atoms with Crippen molar-refractivity contribution in [2.45, 2.75) is 37.4 Å². The highest BCUT2D eigenvalue weighted by molar-refractivity contribution is 5.77. The molecule has 0 spiro atoms. The zero-order chi connectivity index (χ0) is 12.6. The van der Waals surface area contributed by atoms with Gasteiger partial charge in [-0.15, -0.1) is 12.3 Å². The third-order valence-electron chi connectivity index (χ3n) is 4.08. The van der Waals surface area contributed by atoms with Crippen LogP contribution in [-0.2, 0) is 9.53 Å². The lowest BCUT2D eigenvalue weighted by molar-refractivity contribution is -0.121. The molecule has 1 unspecified atom stereocenters. The van der Waals surface area contributed by atoms with Crippen molar-refractivity contribution in [2.24, 2.45) is 22.1 Å². The molecule has 1 aliphatic carbocycles. The van der Waals surface area contributed by atoms with Crippen LogP contribution in [0, 0.1) is 24.2 Å². The molecule has 0 aromatic carbocycles. The molecule has 1 saturated heterocycles. The summed E-state index contributed by atoms with van der Waals surface area (Å²) in [6.45, 7) is 1.60. The maximum atomic E-state index is 11.8. The normalized spacial score (nSPS) is 33.6. The van der Waals surface area contributed by atoms with Crippen molar-refractivity contribution >= 4 is 5.91 Å². The zero-order valence-corrected chi connectivity index (χ0v) is 10.3. The number of hydrogen-bond acceptors (Lipinski definition) is 4. The van der Waals surface area contributed by atoms with Crippen LogP contribution in [0.3, 0.4) is 0 Å². The Morgan fingerprint density at radius 3 is 2.72 bits per heavy atom. The third kappa shape index (κ3) is 2.25. The molecule has 1 saturated carbocycles. The van der Waals surface area contributed by atoms with Crippen molar-refractivity contribution in [1.29, 1.82) is 0 Å². The van der Waals surface area contributed by atoms with Gasteiger partial charge in [0.1, 0.15) is 0 Å². The Kier molecular flexibility index (Phi) is 2.83. The summed E-state index contributed by atoms with van der Waals surface area (Å²) in [4.78, 5) is 11.8. The van der Waals surface area contributed by atoms with Gasteiger partial charge in [0.2, 0.25) is 5.91 Å². The van der Waals surface area contributed by atoms with Crippen LogP contribution in [0.5, 0.6) is 0 Å².